The number of hydrogen-bond donors (Lipinski definition) is 0. The quantitative estimate of drug-likeness (QED) is 0.363. The lowest BCUT2D eigenvalue weighted by atomic mass is 10.1. The number of nitrogens with zero attached hydrogens (tertiary/aromatic N) is 4. The average Bonchev–Trinajstić information content (AvgIpc) is 3.25. The zero-order valence-corrected chi connectivity index (χ0v) is 21.5. The largest absolute Gasteiger partial charge is 0.338 e. The van der Waals surface area contributed by atoms with E-state index in [0.717, 1.165) is 5.56 Å². The number of aromatic nitrogens is 2. The number of hydrogen-bond acceptors (Lipinski definition) is 5. The summed E-state index contributed by atoms with van der Waals surface area (Å²) in [5.41, 5.74) is 1.92. The molecule has 0 radical (unpaired) electrons. The van der Waals surface area contributed by atoms with Crippen molar-refractivity contribution in [3.63, 3.8) is 0 Å². The van der Waals surface area contributed by atoms with E-state index in [2.05, 4.69) is 6.07 Å². The van der Waals surface area contributed by atoms with Gasteiger partial charge in [-0.25, -0.2) is 4.79 Å². The van der Waals surface area contributed by atoms with Gasteiger partial charge in [0.2, 0.25) is 0 Å². The van der Waals surface area contributed by atoms with Crippen molar-refractivity contribution in [2.75, 3.05) is 13.1 Å². The number of benzene rings is 2. The van der Waals surface area contributed by atoms with Crippen LogP contribution in [-0.4, -0.2) is 33.0 Å². The van der Waals surface area contributed by atoms with E-state index in [-0.39, 0.29) is 24.6 Å². The number of carbonyl (C=O) groups excluding carboxylic acids is 1. The number of rotatable bonds is 8. The van der Waals surface area contributed by atoms with Crippen LogP contribution in [0.1, 0.15) is 45.8 Å². The monoisotopic (exact) mass is 500 g/mol. The summed E-state index contributed by atoms with van der Waals surface area (Å²) < 4.78 is 2.80. The molecule has 0 saturated heterocycles. The molecule has 0 fully saturated rings. The Labute approximate surface area is 213 Å². The molecule has 0 aliphatic heterocycles. The molecule has 2 heterocycles. The fourth-order valence-corrected chi connectivity index (χ4v) is 5.67. The number of thiophene rings is 1. The number of amides is 1. The standard InChI is InChI=1S/C28H28N4O3S/c1-4-30(5-2)26(34)24-19(3)23-25(33)31(16-15-20-11-7-6-8-12-20)28(35)32(27(23)36-24)18-22-14-10-9-13-21(22)17-29/h6-14H,4-5,15-16,18H2,1-3H3. The van der Waals surface area contributed by atoms with Gasteiger partial charge in [0.25, 0.3) is 11.5 Å². The van der Waals surface area contributed by atoms with Crippen LogP contribution in [0.4, 0.5) is 0 Å². The molecule has 184 valence electrons. The van der Waals surface area contributed by atoms with Gasteiger partial charge < -0.3 is 4.90 Å². The van der Waals surface area contributed by atoms with Crippen LogP contribution in [0.25, 0.3) is 10.2 Å². The predicted octanol–water partition coefficient (Wildman–Crippen LogP) is 4.18. The van der Waals surface area contributed by atoms with Crippen LogP contribution in [0.5, 0.6) is 0 Å². The van der Waals surface area contributed by atoms with E-state index in [1.807, 2.05) is 50.2 Å². The molecule has 0 aliphatic rings. The Morgan fingerprint density at radius 3 is 2.33 bits per heavy atom. The Morgan fingerprint density at radius 2 is 1.67 bits per heavy atom. The predicted molar refractivity (Wildman–Crippen MR) is 143 cm³/mol. The van der Waals surface area contributed by atoms with Crippen LogP contribution in [0.3, 0.4) is 0 Å². The number of aryl methyl sites for hydroxylation is 2. The molecule has 0 spiro atoms. The summed E-state index contributed by atoms with van der Waals surface area (Å²) in [6.07, 6.45) is 0.519. The van der Waals surface area contributed by atoms with Crippen molar-refractivity contribution in [3.05, 3.63) is 103 Å². The van der Waals surface area contributed by atoms with E-state index < -0.39 is 5.69 Å². The highest BCUT2D eigenvalue weighted by Gasteiger charge is 2.25. The lowest BCUT2D eigenvalue weighted by molar-refractivity contribution is 0.0777. The van der Waals surface area contributed by atoms with Gasteiger partial charge in [0, 0.05) is 19.6 Å². The Hall–Kier alpha value is -3.96. The summed E-state index contributed by atoms with van der Waals surface area (Å²) >= 11 is 1.18. The van der Waals surface area contributed by atoms with Gasteiger partial charge in [-0.3, -0.25) is 18.7 Å². The maximum Gasteiger partial charge on any atom is 0.332 e. The molecule has 0 bridgehead atoms. The number of nitriles is 1. The molecule has 7 nitrogen and oxygen atoms in total. The van der Waals surface area contributed by atoms with E-state index in [9.17, 15) is 19.6 Å². The van der Waals surface area contributed by atoms with Crippen molar-refractivity contribution < 1.29 is 4.79 Å². The van der Waals surface area contributed by atoms with E-state index in [4.69, 9.17) is 0 Å². The summed E-state index contributed by atoms with van der Waals surface area (Å²) in [5, 5.41) is 9.97. The highest BCUT2D eigenvalue weighted by Crippen LogP contribution is 2.29. The second-order valence-corrected chi connectivity index (χ2v) is 9.54. The van der Waals surface area contributed by atoms with Crippen molar-refractivity contribution in [3.8, 4) is 6.07 Å². The SMILES string of the molecule is CCN(CC)C(=O)c1sc2c(c1C)c(=O)n(CCc1ccccc1)c(=O)n2Cc1ccccc1C#N. The Kier molecular flexibility index (Phi) is 7.51. The molecule has 4 rings (SSSR count). The minimum atomic E-state index is -0.445. The molecule has 0 saturated carbocycles. The Bertz CT molecular complexity index is 1570. The Morgan fingerprint density at radius 1 is 1.00 bits per heavy atom. The maximum atomic E-state index is 13.7. The van der Waals surface area contributed by atoms with Crippen LogP contribution < -0.4 is 11.2 Å². The summed E-state index contributed by atoms with van der Waals surface area (Å²) in [6, 6.07) is 19.0. The molecule has 0 unspecified atom stereocenters. The van der Waals surface area contributed by atoms with Gasteiger partial charge in [-0.1, -0.05) is 48.5 Å². The molecular formula is C28H28N4O3S. The highest BCUT2D eigenvalue weighted by atomic mass is 32.1. The molecule has 0 aliphatic carbocycles. The minimum absolute atomic E-state index is 0.129. The topological polar surface area (TPSA) is 88.1 Å². The van der Waals surface area contributed by atoms with Crippen LogP contribution in [-0.2, 0) is 19.5 Å². The second kappa shape index (κ2) is 10.8. The van der Waals surface area contributed by atoms with Crippen LogP contribution in [0.15, 0.2) is 64.2 Å². The first-order chi connectivity index (χ1) is 17.4. The van der Waals surface area contributed by atoms with E-state index in [0.29, 0.717) is 51.3 Å². The van der Waals surface area contributed by atoms with Gasteiger partial charge in [0.05, 0.1) is 28.4 Å². The van der Waals surface area contributed by atoms with Gasteiger partial charge in [0.15, 0.2) is 0 Å². The molecule has 36 heavy (non-hydrogen) atoms. The van der Waals surface area contributed by atoms with Gasteiger partial charge in [0.1, 0.15) is 4.83 Å². The summed E-state index contributed by atoms with van der Waals surface area (Å²) in [4.78, 5) is 43.3. The third-order valence-electron chi connectivity index (χ3n) is 6.47. The fourth-order valence-electron chi connectivity index (χ4n) is 4.41. The highest BCUT2D eigenvalue weighted by molar-refractivity contribution is 7.20. The zero-order valence-electron chi connectivity index (χ0n) is 20.7. The smallest absolute Gasteiger partial charge is 0.332 e. The fraction of sp³-hybridized carbons (Fsp3) is 0.286. The van der Waals surface area contributed by atoms with Crippen molar-refractivity contribution in [2.24, 2.45) is 0 Å². The van der Waals surface area contributed by atoms with Crippen LogP contribution in [0.2, 0.25) is 0 Å². The molecule has 0 N–H and O–H groups in total. The van der Waals surface area contributed by atoms with Gasteiger partial charge >= 0.3 is 5.69 Å². The van der Waals surface area contributed by atoms with E-state index in [1.54, 1.807) is 30.0 Å². The van der Waals surface area contributed by atoms with Crippen molar-refractivity contribution in [2.45, 2.75) is 40.3 Å². The lowest BCUT2D eigenvalue weighted by Crippen LogP contribution is -2.40. The summed E-state index contributed by atoms with van der Waals surface area (Å²) in [6.45, 7) is 7.04. The first kappa shape index (κ1) is 25.1. The zero-order chi connectivity index (χ0) is 25.8. The first-order valence-electron chi connectivity index (χ1n) is 12.0. The number of fused-ring (bicyclic) bond motifs is 1. The third kappa shape index (κ3) is 4.62. The van der Waals surface area contributed by atoms with E-state index >= 15 is 0 Å². The molecule has 2 aromatic carbocycles. The summed E-state index contributed by atoms with van der Waals surface area (Å²) in [7, 11) is 0. The van der Waals surface area contributed by atoms with Gasteiger partial charge in [-0.15, -0.1) is 11.3 Å². The van der Waals surface area contributed by atoms with Gasteiger partial charge in [-0.2, -0.15) is 5.26 Å². The molecule has 4 aromatic rings. The van der Waals surface area contributed by atoms with E-state index in [1.165, 1.54) is 20.5 Å². The Balaban J connectivity index is 1.93. The lowest BCUT2D eigenvalue weighted by Gasteiger charge is -2.17. The van der Waals surface area contributed by atoms with Crippen LogP contribution in [0, 0.1) is 18.3 Å². The van der Waals surface area contributed by atoms with Gasteiger partial charge in [-0.05, 0) is 49.9 Å². The van der Waals surface area contributed by atoms with Crippen LogP contribution >= 0.6 is 11.3 Å². The first-order valence-corrected chi connectivity index (χ1v) is 12.8. The normalized spacial score (nSPS) is 10.9. The van der Waals surface area contributed by atoms with Crippen molar-refractivity contribution >= 4 is 27.5 Å². The molecule has 8 heteroatoms. The summed E-state index contributed by atoms with van der Waals surface area (Å²) in [5.74, 6) is -0.148. The average molecular weight is 501 g/mol. The third-order valence-corrected chi connectivity index (χ3v) is 7.78. The second-order valence-electron chi connectivity index (χ2n) is 8.54. The molecule has 0 atom stereocenters. The molecule has 2 aromatic heterocycles. The molecular weight excluding hydrogens is 472 g/mol. The van der Waals surface area contributed by atoms with Crippen molar-refractivity contribution in [1.29, 1.82) is 5.26 Å². The number of carbonyl (C=O) groups is 1. The minimum Gasteiger partial charge on any atom is -0.338 e. The maximum absolute atomic E-state index is 13.7. The van der Waals surface area contributed by atoms with Crippen molar-refractivity contribution in [1.82, 2.24) is 14.0 Å². The molecule has 1 amide bonds.